The van der Waals surface area contributed by atoms with Crippen LogP contribution in [0.1, 0.15) is 0 Å². The van der Waals surface area contributed by atoms with Crippen LogP contribution in [0.5, 0.6) is 0 Å². The van der Waals surface area contributed by atoms with E-state index in [1.165, 1.54) is 0 Å². The van der Waals surface area contributed by atoms with Crippen molar-refractivity contribution in [3.05, 3.63) is 59.2 Å². The molecule has 3 rings (SSSR count). The third kappa shape index (κ3) is 2.92. The van der Waals surface area contributed by atoms with Crippen molar-refractivity contribution < 1.29 is 4.79 Å². The van der Waals surface area contributed by atoms with Gasteiger partial charge in [0, 0.05) is 27.4 Å². The summed E-state index contributed by atoms with van der Waals surface area (Å²) in [5.41, 5.74) is 8.37. The number of amides is 1. The molecule has 0 saturated heterocycles. The second-order valence-electron chi connectivity index (χ2n) is 4.78. The molecule has 4 nitrogen and oxygen atoms in total. The maximum absolute atomic E-state index is 12.1. The van der Waals surface area contributed by atoms with E-state index in [0.717, 1.165) is 26.8 Å². The van der Waals surface area contributed by atoms with Gasteiger partial charge in [0.15, 0.2) is 0 Å². The summed E-state index contributed by atoms with van der Waals surface area (Å²) in [6, 6.07) is 15.1. The number of hydrogen-bond donors (Lipinski definition) is 2. The largest absolute Gasteiger partial charge is 0.398 e. The van der Waals surface area contributed by atoms with Crippen molar-refractivity contribution in [3.8, 4) is 0 Å². The van der Waals surface area contributed by atoms with E-state index in [1.54, 1.807) is 0 Å². The summed E-state index contributed by atoms with van der Waals surface area (Å²) in [6.45, 7) is 0.249. The van der Waals surface area contributed by atoms with Gasteiger partial charge in [0.1, 0.15) is 6.54 Å². The Morgan fingerprint density at radius 2 is 2.00 bits per heavy atom. The zero-order valence-corrected chi connectivity index (χ0v) is 12.8. The quantitative estimate of drug-likeness (QED) is 0.713. The average molecular weight is 344 g/mol. The number of benzene rings is 2. The van der Waals surface area contributed by atoms with Gasteiger partial charge in [0.05, 0.1) is 5.52 Å². The first kappa shape index (κ1) is 13.7. The van der Waals surface area contributed by atoms with Crippen molar-refractivity contribution in [2.45, 2.75) is 6.54 Å². The molecule has 5 heteroatoms. The zero-order chi connectivity index (χ0) is 14.8. The van der Waals surface area contributed by atoms with Gasteiger partial charge in [-0.05, 0) is 36.4 Å². The van der Waals surface area contributed by atoms with E-state index in [4.69, 9.17) is 5.73 Å². The second-order valence-corrected chi connectivity index (χ2v) is 5.70. The molecule has 0 bridgehead atoms. The highest BCUT2D eigenvalue weighted by molar-refractivity contribution is 9.10. The SMILES string of the molecule is Nc1cccc2c1ccn2CC(=O)Nc1cccc(Br)c1. The van der Waals surface area contributed by atoms with Crippen LogP contribution in [-0.2, 0) is 11.3 Å². The highest BCUT2D eigenvalue weighted by Gasteiger charge is 2.08. The Bertz CT molecular complexity index is 810. The van der Waals surface area contributed by atoms with Gasteiger partial charge in [-0.2, -0.15) is 0 Å². The van der Waals surface area contributed by atoms with Crippen LogP contribution >= 0.6 is 15.9 Å². The molecule has 106 valence electrons. The van der Waals surface area contributed by atoms with Crippen molar-refractivity contribution in [2.75, 3.05) is 11.1 Å². The lowest BCUT2D eigenvalue weighted by atomic mass is 10.2. The maximum Gasteiger partial charge on any atom is 0.244 e. The Morgan fingerprint density at radius 3 is 2.81 bits per heavy atom. The molecule has 0 unspecified atom stereocenters. The third-order valence-electron chi connectivity index (χ3n) is 3.27. The van der Waals surface area contributed by atoms with Gasteiger partial charge in [-0.25, -0.2) is 0 Å². The molecule has 0 atom stereocenters. The molecule has 0 aliphatic rings. The summed E-state index contributed by atoms with van der Waals surface area (Å²) in [7, 11) is 0. The van der Waals surface area contributed by atoms with Crippen LogP contribution in [0.2, 0.25) is 0 Å². The van der Waals surface area contributed by atoms with E-state index in [0.29, 0.717) is 0 Å². The highest BCUT2D eigenvalue weighted by Crippen LogP contribution is 2.22. The fraction of sp³-hybridized carbons (Fsp3) is 0.0625. The molecule has 0 aliphatic heterocycles. The van der Waals surface area contributed by atoms with Gasteiger partial charge in [-0.1, -0.05) is 28.1 Å². The summed E-state index contributed by atoms with van der Waals surface area (Å²) >= 11 is 3.38. The van der Waals surface area contributed by atoms with Crippen molar-refractivity contribution in [2.24, 2.45) is 0 Å². The van der Waals surface area contributed by atoms with Crippen molar-refractivity contribution in [1.82, 2.24) is 4.57 Å². The Balaban J connectivity index is 1.79. The Morgan fingerprint density at radius 1 is 1.19 bits per heavy atom. The molecule has 0 saturated carbocycles. The second kappa shape index (κ2) is 5.61. The predicted octanol–water partition coefficient (Wildman–Crippen LogP) is 3.62. The fourth-order valence-electron chi connectivity index (χ4n) is 2.31. The number of nitrogens with zero attached hydrogens (tertiary/aromatic N) is 1. The lowest BCUT2D eigenvalue weighted by Crippen LogP contribution is -2.18. The van der Waals surface area contributed by atoms with Crippen LogP contribution in [0.25, 0.3) is 10.9 Å². The first-order valence-corrected chi connectivity index (χ1v) is 7.31. The summed E-state index contributed by atoms with van der Waals surface area (Å²) in [4.78, 5) is 12.1. The molecule has 0 radical (unpaired) electrons. The molecular weight excluding hydrogens is 330 g/mol. The molecule has 0 fully saturated rings. The minimum absolute atomic E-state index is 0.0759. The number of hydrogen-bond acceptors (Lipinski definition) is 2. The lowest BCUT2D eigenvalue weighted by molar-refractivity contribution is -0.116. The van der Waals surface area contributed by atoms with Gasteiger partial charge in [0.2, 0.25) is 5.91 Å². The molecule has 1 amide bonds. The van der Waals surface area contributed by atoms with E-state index in [1.807, 2.05) is 59.3 Å². The number of carbonyl (C=O) groups is 1. The van der Waals surface area contributed by atoms with Crippen molar-refractivity contribution in [1.29, 1.82) is 0 Å². The Kier molecular flexibility index (Phi) is 3.66. The number of rotatable bonds is 3. The van der Waals surface area contributed by atoms with E-state index in [2.05, 4.69) is 21.2 Å². The number of halogens is 1. The summed E-state index contributed by atoms with van der Waals surface area (Å²) in [6.07, 6.45) is 1.88. The van der Waals surface area contributed by atoms with E-state index in [-0.39, 0.29) is 12.5 Å². The van der Waals surface area contributed by atoms with Crippen LogP contribution in [0, 0.1) is 0 Å². The first-order valence-electron chi connectivity index (χ1n) is 6.52. The fourth-order valence-corrected chi connectivity index (χ4v) is 2.71. The van der Waals surface area contributed by atoms with Crippen molar-refractivity contribution in [3.63, 3.8) is 0 Å². The topological polar surface area (TPSA) is 60.0 Å². The van der Waals surface area contributed by atoms with Gasteiger partial charge in [0.25, 0.3) is 0 Å². The highest BCUT2D eigenvalue weighted by atomic mass is 79.9. The molecule has 3 aromatic rings. The molecule has 2 aromatic carbocycles. The molecule has 21 heavy (non-hydrogen) atoms. The minimum Gasteiger partial charge on any atom is -0.398 e. The van der Waals surface area contributed by atoms with Crippen molar-refractivity contribution >= 4 is 44.1 Å². The van der Waals surface area contributed by atoms with Gasteiger partial charge < -0.3 is 15.6 Å². The number of nitrogen functional groups attached to an aromatic ring is 1. The van der Waals surface area contributed by atoms with Crippen LogP contribution in [-0.4, -0.2) is 10.5 Å². The van der Waals surface area contributed by atoms with Crippen LogP contribution < -0.4 is 11.1 Å². The number of anilines is 2. The number of nitrogens with two attached hydrogens (primary N) is 1. The van der Waals surface area contributed by atoms with Crippen LogP contribution in [0.4, 0.5) is 11.4 Å². The van der Waals surface area contributed by atoms with Gasteiger partial charge in [-0.15, -0.1) is 0 Å². The average Bonchev–Trinajstić information content (AvgIpc) is 2.83. The van der Waals surface area contributed by atoms with E-state index in [9.17, 15) is 4.79 Å². The normalized spacial score (nSPS) is 10.7. The molecule has 3 N–H and O–H groups in total. The molecule has 1 heterocycles. The zero-order valence-electron chi connectivity index (χ0n) is 11.2. The minimum atomic E-state index is -0.0759. The Labute approximate surface area is 130 Å². The number of carbonyl (C=O) groups excluding carboxylic acids is 1. The van der Waals surface area contributed by atoms with Crippen LogP contribution in [0.15, 0.2) is 59.2 Å². The monoisotopic (exact) mass is 343 g/mol. The van der Waals surface area contributed by atoms with E-state index >= 15 is 0 Å². The first-order chi connectivity index (χ1) is 10.1. The van der Waals surface area contributed by atoms with Gasteiger partial charge in [-0.3, -0.25) is 4.79 Å². The number of nitrogens with one attached hydrogen (secondary N) is 1. The molecule has 1 aromatic heterocycles. The summed E-state index contributed by atoms with van der Waals surface area (Å²) < 4.78 is 2.82. The van der Waals surface area contributed by atoms with Crippen LogP contribution in [0.3, 0.4) is 0 Å². The lowest BCUT2D eigenvalue weighted by Gasteiger charge is -2.08. The molecule has 0 spiro atoms. The molecule has 0 aliphatic carbocycles. The third-order valence-corrected chi connectivity index (χ3v) is 3.76. The Hall–Kier alpha value is -2.27. The predicted molar refractivity (Wildman–Crippen MR) is 89.1 cm³/mol. The standard InChI is InChI=1S/C16H14BrN3O/c17-11-3-1-4-12(9-11)19-16(21)10-20-8-7-13-14(18)5-2-6-15(13)20/h1-9H,10,18H2,(H,19,21). The smallest absolute Gasteiger partial charge is 0.244 e. The van der Waals surface area contributed by atoms with E-state index < -0.39 is 0 Å². The molecular formula is C16H14BrN3O. The number of fused-ring (bicyclic) bond motifs is 1. The van der Waals surface area contributed by atoms with Gasteiger partial charge >= 0.3 is 0 Å². The summed E-state index contributed by atoms with van der Waals surface area (Å²) in [5.74, 6) is -0.0759. The number of aromatic nitrogens is 1. The maximum atomic E-state index is 12.1. The summed E-state index contributed by atoms with van der Waals surface area (Å²) in [5, 5.41) is 3.84.